The summed E-state index contributed by atoms with van der Waals surface area (Å²) in [5.74, 6) is 0. The predicted octanol–water partition coefficient (Wildman–Crippen LogP) is 4.16. The lowest BCUT2D eigenvalue weighted by Gasteiger charge is -2.18. The Morgan fingerprint density at radius 3 is 2.27 bits per heavy atom. The summed E-state index contributed by atoms with van der Waals surface area (Å²) in [6.45, 7) is 11.6. The van der Waals surface area contributed by atoms with Crippen LogP contribution in [-0.4, -0.2) is 0 Å². The fourth-order valence-corrected chi connectivity index (χ4v) is 1.30. The van der Waals surface area contributed by atoms with E-state index in [4.69, 9.17) is 5.26 Å². The lowest BCUT2D eigenvalue weighted by Crippen LogP contribution is -2.15. The van der Waals surface area contributed by atoms with Crippen LogP contribution < -0.4 is 0 Å². The van der Waals surface area contributed by atoms with Gasteiger partial charge >= 0.3 is 0 Å². The highest BCUT2D eigenvalue weighted by atomic mass is 14.3. The first kappa shape index (κ1) is 13.4. The first-order valence-electron chi connectivity index (χ1n) is 5.25. The van der Waals surface area contributed by atoms with Gasteiger partial charge in [-0.2, -0.15) is 5.26 Å². The van der Waals surface area contributed by atoms with Crippen LogP contribution in [0.3, 0.4) is 0 Å². The van der Waals surface area contributed by atoms with Gasteiger partial charge in [0.05, 0.1) is 11.5 Å². The molecule has 15 heavy (non-hydrogen) atoms. The fraction of sp³-hybridized carbons (Fsp3) is 0.357. The van der Waals surface area contributed by atoms with Crippen molar-refractivity contribution in [1.82, 2.24) is 0 Å². The van der Waals surface area contributed by atoms with Crippen molar-refractivity contribution < 1.29 is 0 Å². The van der Waals surface area contributed by atoms with E-state index in [0.717, 1.165) is 11.1 Å². The van der Waals surface area contributed by atoms with Gasteiger partial charge in [-0.05, 0) is 25.0 Å². The molecule has 1 rings (SSSR count). The van der Waals surface area contributed by atoms with Gasteiger partial charge in [-0.1, -0.05) is 50.8 Å². The Hall–Kier alpha value is -1.55. The Morgan fingerprint density at radius 1 is 1.27 bits per heavy atom. The normalized spacial score (nSPS) is 9.53. The van der Waals surface area contributed by atoms with Crippen LogP contribution in [0.15, 0.2) is 30.8 Å². The van der Waals surface area contributed by atoms with Crippen LogP contribution in [0.1, 0.15) is 38.8 Å². The highest BCUT2D eigenvalue weighted by Gasteiger charge is 2.21. The molecule has 0 aromatic heterocycles. The number of hydrogen-bond acceptors (Lipinski definition) is 1. The summed E-state index contributed by atoms with van der Waals surface area (Å²) >= 11 is 0. The summed E-state index contributed by atoms with van der Waals surface area (Å²) in [6.07, 6.45) is 1.79. The molecule has 0 spiro atoms. The lowest BCUT2D eigenvalue weighted by molar-refractivity contribution is 0.685. The maximum atomic E-state index is 8.98. The van der Waals surface area contributed by atoms with E-state index in [0.29, 0.717) is 0 Å². The van der Waals surface area contributed by atoms with E-state index in [1.165, 1.54) is 0 Å². The largest absolute Gasteiger partial charge is 0.197 e. The second-order valence-corrected chi connectivity index (χ2v) is 3.53. The van der Waals surface area contributed by atoms with Crippen molar-refractivity contribution in [3.05, 3.63) is 42.0 Å². The zero-order valence-electron chi connectivity index (χ0n) is 10.0. The topological polar surface area (TPSA) is 23.8 Å². The van der Waals surface area contributed by atoms with E-state index in [1.54, 1.807) is 6.08 Å². The predicted molar refractivity (Wildman–Crippen MR) is 66.5 cm³/mol. The van der Waals surface area contributed by atoms with E-state index in [9.17, 15) is 0 Å². The van der Waals surface area contributed by atoms with Gasteiger partial charge in [-0.15, -0.1) is 0 Å². The quantitative estimate of drug-likeness (QED) is 0.705. The van der Waals surface area contributed by atoms with Crippen LogP contribution in [-0.2, 0) is 5.41 Å². The molecule has 0 unspecified atom stereocenters. The van der Waals surface area contributed by atoms with Gasteiger partial charge in [0.15, 0.2) is 0 Å². The van der Waals surface area contributed by atoms with Gasteiger partial charge in [-0.25, -0.2) is 0 Å². The van der Waals surface area contributed by atoms with Crippen molar-refractivity contribution >= 4 is 6.08 Å². The zero-order valence-corrected chi connectivity index (χ0v) is 10.0. The first-order chi connectivity index (χ1) is 7.11. The molecule has 1 aromatic carbocycles. The van der Waals surface area contributed by atoms with Gasteiger partial charge in [0.25, 0.3) is 0 Å². The van der Waals surface area contributed by atoms with Gasteiger partial charge in [0.1, 0.15) is 0 Å². The van der Waals surface area contributed by atoms with Crippen molar-refractivity contribution in [1.29, 1.82) is 5.26 Å². The monoisotopic (exact) mass is 201 g/mol. The van der Waals surface area contributed by atoms with Gasteiger partial charge in [0, 0.05) is 0 Å². The molecule has 1 nitrogen and oxygen atoms in total. The molecule has 0 bridgehead atoms. The third-order valence-corrected chi connectivity index (χ3v) is 2.13. The second-order valence-electron chi connectivity index (χ2n) is 3.53. The molecule has 1 aromatic rings. The number of benzene rings is 1. The van der Waals surface area contributed by atoms with Crippen LogP contribution in [0.2, 0.25) is 0 Å². The third-order valence-electron chi connectivity index (χ3n) is 2.13. The molecule has 0 N–H and O–H groups in total. The van der Waals surface area contributed by atoms with Crippen LogP contribution in [0.5, 0.6) is 0 Å². The Morgan fingerprint density at radius 2 is 1.80 bits per heavy atom. The molecular weight excluding hydrogens is 182 g/mol. The Kier molecular flexibility index (Phi) is 5.41. The van der Waals surface area contributed by atoms with E-state index in [-0.39, 0.29) is 0 Å². The molecule has 0 aliphatic carbocycles. The minimum absolute atomic E-state index is 0.440. The molecule has 0 amide bonds. The van der Waals surface area contributed by atoms with E-state index < -0.39 is 5.41 Å². The summed E-state index contributed by atoms with van der Waals surface area (Å²) in [7, 11) is 0. The Balaban J connectivity index is 0.000000921. The standard InChI is InChI=1S/C12H13N.C2H6/c1-4-10-7-5-6-8-11(10)12(2,3)9-13;1-2/h4-8H,1H2,2-3H3;1-2H3. The van der Waals surface area contributed by atoms with Crippen LogP contribution in [0.25, 0.3) is 6.08 Å². The van der Waals surface area contributed by atoms with Gasteiger partial charge in [0.2, 0.25) is 0 Å². The second kappa shape index (κ2) is 6.03. The van der Waals surface area contributed by atoms with Crippen LogP contribution in [0.4, 0.5) is 0 Å². The minimum Gasteiger partial charge on any atom is -0.197 e. The highest BCUT2D eigenvalue weighted by Crippen LogP contribution is 2.25. The molecule has 0 atom stereocenters. The molecule has 0 aliphatic rings. The zero-order chi connectivity index (χ0) is 11.9. The molecule has 0 saturated heterocycles. The van der Waals surface area contributed by atoms with E-state index >= 15 is 0 Å². The molecule has 0 heterocycles. The smallest absolute Gasteiger partial charge is 0.0772 e. The average Bonchev–Trinajstić information content (AvgIpc) is 2.31. The molecule has 0 saturated carbocycles. The lowest BCUT2D eigenvalue weighted by atomic mass is 9.83. The molecule has 80 valence electrons. The molecular formula is C14H19N. The molecule has 1 heteroatoms. The van der Waals surface area contributed by atoms with Crippen LogP contribution in [0, 0.1) is 11.3 Å². The third kappa shape index (κ3) is 3.25. The summed E-state index contributed by atoms with van der Waals surface area (Å²) in [4.78, 5) is 0. The van der Waals surface area contributed by atoms with Crippen molar-refractivity contribution in [3.63, 3.8) is 0 Å². The van der Waals surface area contributed by atoms with Crippen molar-refractivity contribution in [2.45, 2.75) is 33.1 Å². The Bertz CT molecular complexity index is 356. The Labute approximate surface area is 93.1 Å². The number of nitrogens with zero attached hydrogens (tertiary/aromatic N) is 1. The molecule has 0 fully saturated rings. The molecule has 0 aliphatic heterocycles. The van der Waals surface area contributed by atoms with Crippen LogP contribution >= 0.6 is 0 Å². The molecule has 0 radical (unpaired) electrons. The first-order valence-corrected chi connectivity index (χ1v) is 5.25. The van der Waals surface area contributed by atoms with Gasteiger partial charge < -0.3 is 0 Å². The SMILES string of the molecule is C=Cc1ccccc1C(C)(C)C#N.CC. The number of rotatable bonds is 2. The minimum atomic E-state index is -0.440. The van der Waals surface area contributed by atoms with Crippen molar-refractivity contribution in [2.24, 2.45) is 0 Å². The van der Waals surface area contributed by atoms with Gasteiger partial charge in [-0.3, -0.25) is 0 Å². The summed E-state index contributed by atoms with van der Waals surface area (Å²) in [5, 5.41) is 8.98. The summed E-state index contributed by atoms with van der Waals surface area (Å²) in [6, 6.07) is 10.1. The maximum Gasteiger partial charge on any atom is 0.0772 e. The summed E-state index contributed by atoms with van der Waals surface area (Å²) < 4.78 is 0. The van der Waals surface area contributed by atoms with Crippen molar-refractivity contribution in [2.75, 3.05) is 0 Å². The van der Waals surface area contributed by atoms with E-state index in [1.807, 2.05) is 52.0 Å². The maximum absolute atomic E-state index is 8.98. The van der Waals surface area contributed by atoms with E-state index in [2.05, 4.69) is 12.6 Å². The van der Waals surface area contributed by atoms with Crippen molar-refractivity contribution in [3.8, 4) is 6.07 Å². The number of hydrogen-bond donors (Lipinski definition) is 0. The highest BCUT2D eigenvalue weighted by molar-refractivity contribution is 5.55. The fourth-order valence-electron chi connectivity index (χ4n) is 1.30. The summed E-state index contributed by atoms with van der Waals surface area (Å²) in [5.41, 5.74) is 1.63. The average molecular weight is 201 g/mol. The number of nitriles is 1.